The standard InChI is InChI=1S/C20H31NO2/c1-6-16-9-13(4)17-18(16)20(23)21(19(17)22)10-15-7-11(2)14(5)12(3)8-15/h6,11-18H,1,7-10H2,2-5H3. The third-order valence-electron chi connectivity index (χ3n) is 7.16. The van der Waals surface area contributed by atoms with E-state index in [-0.39, 0.29) is 29.6 Å². The maximum atomic E-state index is 12.9. The van der Waals surface area contributed by atoms with Gasteiger partial charge in [-0.2, -0.15) is 0 Å². The topological polar surface area (TPSA) is 37.4 Å². The second-order valence-electron chi connectivity index (χ2n) is 8.60. The van der Waals surface area contributed by atoms with Crippen molar-refractivity contribution in [3.63, 3.8) is 0 Å². The Morgan fingerprint density at radius 2 is 1.52 bits per heavy atom. The van der Waals surface area contributed by atoms with E-state index in [9.17, 15) is 9.59 Å². The predicted molar refractivity (Wildman–Crippen MR) is 91.4 cm³/mol. The molecule has 23 heavy (non-hydrogen) atoms. The summed E-state index contributed by atoms with van der Waals surface area (Å²) in [6, 6.07) is 0. The summed E-state index contributed by atoms with van der Waals surface area (Å²) < 4.78 is 0. The highest BCUT2D eigenvalue weighted by atomic mass is 16.2. The number of fused-ring (bicyclic) bond motifs is 1. The van der Waals surface area contributed by atoms with Crippen LogP contribution in [0.1, 0.15) is 47.0 Å². The molecular formula is C20H31NO2. The second-order valence-corrected chi connectivity index (χ2v) is 8.60. The van der Waals surface area contributed by atoms with Gasteiger partial charge in [-0.1, -0.05) is 33.8 Å². The smallest absolute Gasteiger partial charge is 0.233 e. The summed E-state index contributed by atoms with van der Waals surface area (Å²) in [5.74, 6) is 2.99. The van der Waals surface area contributed by atoms with Crippen molar-refractivity contribution in [2.24, 2.45) is 47.3 Å². The average molecular weight is 317 g/mol. The van der Waals surface area contributed by atoms with Gasteiger partial charge in [-0.15, -0.1) is 6.58 Å². The maximum absolute atomic E-state index is 12.9. The minimum atomic E-state index is -0.132. The van der Waals surface area contributed by atoms with E-state index in [0.29, 0.717) is 30.2 Å². The van der Waals surface area contributed by atoms with E-state index < -0.39 is 0 Å². The highest BCUT2D eigenvalue weighted by molar-refractivity contribution is 6.06. The molecule has 6 atom stereocenters. The van der Waals surface area contributed by atoms with Crippen LogP contribution in [0.2, 0.25) is 0 Å². The van der Waals surface area contributed by atoms with Crippen LogP contribution in [0, 0.1) is 47.3 Å². The SMILES string of the molecule is C=CC1CC(C)C2C(=O)N(CC3CC(C)C(C)C(C)C3)C(=O)C12. The number of nitrogens with zero attached hydrogens (tertiary/aromatic N) is 1. The molecule has 6 unspecified atom stereocenters. The Labute approximate surface area is 140 Å². The Bertz CT molecular complexity index is 502. The number of carbonyl (C=O) groups is 2. The van der Waals surface area contributed by atoms with E-state index in [0.717, 1.165) is 25.2 Å². The lowest BCUT2D eigenvalue weighted by atomic mass is 9.70. The first-order valence-corrected chi connectivity index (χ1v) is 9.32. The predicted octanol–water partition coefficient (Wildman–Crippen LogP) is 3.75. The molecular weight excluding hydrogens is 286 g/mol. The van der Waals surface area contributed by atoms with Gasteiger partial charge < -0.3 is 0 Å². The number of carbonyl (C=O) groups excluding carboxylic acids is 2. The molecule has 3 aliphatic rings. The van der Waals surface area contributed by atoms with Gasteiger partial charge in [0.15, 0.2) is 0 Å². The van der Waals surface area contributed by atoms with Gasteiger partial charge in [-0.05, 0) is 54.8 Å². The van der Waals surface area contributed by atoms with Gasteiger partial charge in [-0.3, -0.25) is 14.5 Å². The van der Waals surface area contributed by atoms with Crippen molar-refractivity contribution >= 4 is 11.8 Å². The van der Waals surface area contributed by atoms with Gasteiger partial charge in [0, 0.05) is 6.54 Å². The molecule has 0 aromatic carbocycles. The molecule has 2 saturated carbocycles. The Kier molecular flexibility index (Phi) is 4.41. The van der Waals surface area contributed by atoms with Crippen LogP contribution in [0.5, 0.6) is 0 Å². The molecule has 3 rings (SSSR count). The van der Waals surface area contributed by atoms with Crippen LogP contribution in [-0.4, -0.2) is 23.3 Å². The number of hydrogen-bond donors (Lipinski definition) is 0. The molecule has 3 heteroatoms. The highest BCUT2D eigenvalue weighted by Crippen LogP contribution is 2.48. The lowest BCUT2D eigenvalue weighted by Gasteiger charge is -2.38. The van der Waals surface area contributed by atoms with Crippen LogP contribution in [0.3, 0.4) is 0 Å². The minimum Gasteiger partial charge on any atom is -0.282 e. The van der Waals surface area contributed by atoms with Crippen LogP contribution < -0.4 is 0 Å². The molecule has 0 aromatic rings. The lowest BCUT2D eigenvalue weighted by molar-refractivity contribution is -0.142. The molecule has 3 fully saturated rings. The van der Waals surface area contributed by atoms with Gasteiger partial charge in [0.25, 0.3) is 0 Å². The average Bonchev–Trinajstić information content (AvgIpc) is 2.96. The molecule has 1 heterocycles. The molecule has 1 aliphatic heterocycles. The molecule has 128 valence electrons. The van der Waals surface area contributed by atoms with Crippen LogP contribution in [0.25, 0.3) is 0 Å². The monoisotopic (exact) mass is 317 g/mol. The number of likely N-dealkylation sites (tertiary alicyclic amines) is 1. The number of amides is 2. The summed E-state index contributed by atoms with van der Waals surface area (Å²) in [6.07, 6.45) is 5.10. The molecule has 1 saturated heterocycles. The summed E-state index contributed by atoms with van der Waals surface area (Å²) in [6.45, 7) is 13.6. The second kappa shape index (κ2) is 6.07. The third-order valence-corrected chi connectivity index (χ3v) is 7.16. The normalized spacial score (nSPS) is 47.0. The summed E-state index contributed by atoms with van der Waals surface area (Å²) >= 11 is 0. The Morgan fingerprint density at radius 1 is 0.957 bits per heavy atom. The van der Waals surface area contributed by atoms with E-state index in [1.165, 1.54) is 0 Å². The van der Waals surface area contributed by atoms with E-state index >= 15 is 0 Å². The number of allylic oxidation sites excluding steroid dienone is 1. The quantitative estimate of drug-likeness (QED) is 0.587. The third kappa shape index (κ3) is 2.66. The summed E-state index contributed by atoms with van der Waals surface area (Å²) in [7, 11) is 0. The van der Waals surface area contributed by atoms with Gasteiger partial charge in [0.2, 0.25) is 11.8 Å². The highest BCUT2D eigenvalue weighted by Gasteiger charge is 2.56. The van der Waals surface area contributed by atoms with Crippen molar-refractivity contribution in [1.29, 1.82) is 0 Å². The van der Waals surface area contributed by atoms with Crippen molar-refractivity contribution in [3.05, 3.63) is 12.7 Å². The van der Waals surface area contributed by atoms with Crippen LogP contribution in [0.4, 0.5) is 0 Å². The first-order chi connectivity index (χ1) is 10.8. The number of imide groups is 1. The summed E-state index contributed by atoms with van der Waals surface area (Å²) in [5, 5.41) is 0. The van der Waals surface area contributed by atoms with Gasteiger partial charge in [0.05, 0.1) is 11.8 Å². The first kappa shape index (κ1) is 16.7. The zero-order chi connectivity index (χ0) is 16.9. The Hall–Kier alpha value is -1.12. The van der Waals surface area contributed by atoms with Crippen molar-refractivity contribution in [1.82, 2.24) is 4.90 Å². The fraction of sp³-hybridized carbons (Fsp3) is 0.800. The zero-order valence-electron chi connectivity index (χ0n) is 15.0. The molecule has 0 N–H and O–H groups in total. The van der Waals surface area contributed by atoms with Crippen molar-refractivity contribution < 1.29 is 9.59 Å². The van der Waals surface area contributed by atoms with Gasteiger partial charge in [-0.25, -0.2) is 0 Å². The molecule has 0 radical (unpaired) electrons. The zero-order valence-corrected chi connectivity index (χ0v) is 15.0. The van der Waals surface area contributed by atoms with Crippen molar-refractivity contribution in [2.45, 2.75) is 47.0 Å². The van der Waals surface area contributed by atoms with E-state index in [4.69, 9.17) is 0 Å². The Morgan fingerprint density at radius 3 is 2.09 bits per heavy atom. The fourth-order valence-electron chi connectivity index (χ4n) is 5.51. The van der Waals surface area contributed by atoms with E-state index in [2.05, 4.69) is 34.3 Å². The largest absolute Gasteiger partial charge is 0.282 e. The van der Waals surface area contributed by atoms with E-state index in [1.54, 1.807) is 4.90 Å². The van der Waals surface area contributed by atoms with Crippen LogP contribution in [0.15, 0.2) is 12.7 Å². The van der Waals surface area contributed by atoms with Crippen molar-refractivity contribution in [2.75, 3.05) is 6.54 Å². The molecule has 2 aliphatic carbocycles. The maximum Gasteiger partial charge on any atom is 0.233 e. The molecule has 0 aromatic heterocycles. The number of hydrogen-bond acceptors (Lipinski definition) is 2. The van der Waals surface area contributed by atoms with E-state index in [1.807, 2.05) is 6.08 Å². The summed E-state index contributed by atoms with van der Waals surface area (Å²) in [5.41, 5.74) is 0. The Balaban J connectivity index is 1.73. The number of rotatable bonds is 3. The van der Waals surface area contributed by atoms with Crippen molar-refractivity contribution in [3.8, 4) is 0 Å². The van der Waals surface area contributed by atoms with Crippen LogP contribution in [-0.2, 0) is 9.59 Å². The molecule has 2 amide bonds. The summed E-state index contributed by atoms with van der Waals surface area (Å²) in [4.78, 5) is 27.3. The first-order valence-electron chi connectivity index (χ1n) is 9.32. The van der Waals surface area contributed by atoms with Gasteiger partial charge in [0.1, 0.15) is 0 Å². The lowest BCUT2D eigenvalue weighted by Crippen LogP contribution is -2.40. The van der Waals surface area contributed by atoms with Gasteiger partial charge >= 0.3 is 0 Å². The molecule has 3 nitrogen and oxygen atoms in total. The van der Waals surface area contributed by atoms with Crippen LogP contribution >= 0.6 is 0 Å². The minimum absolute atomic E-state index is 0.0770. The fourth-order valence-corrected chi connectivity index (χ4v) is 5.51. The molecule has 0 spiro atoms. The molecule has 0 bridgehead atoms.